The molecule has 1 atom stereocenters. The first kappa shape index (κ1) is 17.7. The second kappa shape index (κ2) is 7.42. The summed E-state index contributed by atoms with van der Waals surface area (Å²) in [6, 6.07) is 6.23. The zero-order chi connectivity index (χ0) is 18.7. The van der Waals surface area contributed by atoms with Crippen molar-refractivity contribution in [2.45, 2.75) is 12.5 Å². The maximum absolute atomic E-state index is 12.3. The van der Waals surface area contributed by atoms with Gasteiger partial charge >= 0.3 is 6.09 Å². The standard InChI is InChI=1S/C17H19N3O6/c1-25-13-4-2-3-11(7-13)16(23)18-8-14(21)19-6-5-12(9-19)20-15(22)10-26-17(20)24/h2-4,7,12H,5-6,8-10H2,1H3,(H,18,23). The van der Waals surface area contributed by atoms with Crippen molar-refractivity contribution in [2.24, 2.45) is 0 Å². The number of likely N-dealkylation sites (tertiary alicyclic amines) is 1. The van der Waals surface area contributed by atoms with Crippen LogP contribution in [0, 0.1) is 0 Å². The average Bonchev–Trinajstić information content (AvgIpc) is 3.26. The second-order valence-corrected chi connectivity index (χ2v) is 6.02. The Morgan fingerprint density at radius 3 is 2.85 bits per heavy atom. The third-order valence-electron chi connectivity index (χ3n) is 4.40. The fraction of sp³-hybridized carbons (Fsp3) is 0.412. The normalized spacial score (nSPS) is 19.5. The highest BCUT2D eigenvalue weighted by Crippen LogP contribution is 2.20. The molecule has 0 aliphatic carbocycles. The largest absolute Gasteiger partial charge is 0.497 e. The minimum Gasteiger partial charge on any atom is -0.497 e. The number of rotatable bonds is 5. The summed E-state index contributed by atoms with van der Waals surface area (Å²) in [7, 11) is 1.51. The van der Waals surface area contributed by atoms with Crippen LogP contribution in [-0.2, 0) is 14.3 Å². The van der Waals surface area contributed by atoms with E-state index in [4.69, 9.17) is 9.47 Å². The molecule has 0 bridgehead atoms. The molecule has 1 N–H and O–H groups in total. The van der Waals surface area contributed by atoms with Crippen LogP contribution in [0.1, 0.15) is 16.8 Å². The van der Waals surface area contributed by atoms with Gasteiger partial charge in [0, 0.05) is 18.7 Å². The van der Waals surface area contributed by atoms with Crippen LogP contribution < -0.4 is 10.1 Å². The van der Waals surface area contributed by atoms with Crippen molar-refractivity contribution in [3.05, 3.63) is 29.8 Å². The Labute approximate surface area is 149 Å². The SMILES string of the molecule is COc1cccc(C(=O)NCC(=O)N2CCC(N3C(=O)COC3=O)C2)c1. The molecule has 9 nitrogen and oxygen atoms in total. The van der Waals surface area contributed by atoms with Gasteiger partial charge in [0.15, 0.2) is 6.61 Å². The Hall–Kier alpha value is -3.10. The topological polar surface area (TPSA) is 105 Å². The van der Waals surface area contributed by atoms with Gasteiger partial charge in [-0.05, 0) is 24.6 Å². The number of hydrogen-bond acceptors (Lipinski definition) is 6. The van der Waals surface area contributed by atoms with E-state index in [2.05, 4.69) is 5.32 Å². The van der Waals surface area contributed by atoms with Gasteiger partial charge in [0.05, 0.1) is 19.7 Å². The summed E-state index contributed by atoms with van der Waals surface area (Å²) in [5, 5.41) is 2.57. The van der Waals surface area contributed by atoms with Gasteiger partial charge < -0.3 is 19.7 Å². The highest BCUT2D eigenvalue weighted by Gasteiger charge is 2.41. The van der Waals surface area contributed by atoms with Crippen molar-refractivity contribution in [1.82, 2.24) is 15.1 Å². The first-order valence-corrected chi connectivity index (χ1v) is 8.18. The van der Waals surface area contributed by atoms with Crippen molar-refractivity contribution in [3.63, 3.8) is 0 Å². The molecule has 2 aliphatic heterocycles. The van der Waals surface area contributed by atoms with Crippen LogP contribution >= 0.6 is 0 Å². The number of nitrogens with zero attached hydrogens (tertiary/aromatic N) is 2. The van der Waals surface area contributed by atoms with E-state index in [1.807, 2.05) is 0 Å². The van der Waals surface area contributed by atoms with E-state index >= 15 is 0 Å². The maximum atomic E-state index is 12.3. The molecular formula is C17H19N3O6. The summed E-state index contributed by atoms with van der Waals surface area (Å²) in [6.45, 7) is 0.241. The number of ether oxygens (including phenoxy) is 2. The molecule has 1 aromatic rings. The zero-order valence-electron chi connectivity index (χ0n) is 14.3. The monoisotopic (exact) mass is 361 g/mol. The van der Waals surface area contributed by atoms with Crippen molar-refractivity contribution in [2.75, 3.05) is 33.4 Å². The van der Waals surface area contributed by atoms with Gasteiger partial charge in [0.2, 0.25) is 5.91 Å². The summed E-state index contributed by atoms with van der Waals surface area (Å²) in [5.41, 5.74) is 0.391. The smallest absolute Gasteiger partial charge is 0.417 e. The molecule has 2 aliphatic rings. The molecule has 0 aromatic heterocycles. The minimum atomic E-state index is -0.666. The number of carbonyl (C=O) groups is 4. The lowest BCUT2D eigenvalue weighted by Crippen LogP contribution is -2.44. The number of cyclic esters (lactones) is 1. The Balaban J connectivity index is 1.52. The predicted molar refractivity (Wildman–Crippen MR) is 88.5 cm³/mol. The number of carbonyl (C=O) groups excluding carboxylic acids is 4. The Bertz CT molecular complexity index is 734. The lowest BCUT2D eigenvalue weighted by Gasteiger charge is -2.20. The number of benzene rings is 1. The first-order chi connectivity index (χ1) is 12.5. The second-order valence-electron chi connectivity index (χ2n) is 6.02. The van der Waals surface area contributed by atoms with E-state index in [1.165, 1.54) is 12.0 Å². The van der Waals surface area contributed by atoms with E-state index in [-0.39, 0.29) is 43.5 Å². The summed E-state index contributed by atoms with van der Waals surface area (Å²) >= 11 is 0. The van der Waals surface area contributed by atoms with E-state index < -0.39 is 6.09 Å². The van der Waals surface area contributed by atoms with E-state index in [9.17, 15) is 19.2 Å². The van der Waals surface area contributed by atoms with Crippen LogP contribution in [0.3, 0.4) is 0 Å². The highest BCUT2D eigenvalue weighted by molar-refractivity contribution is 5.98. The van der Waals surface area contributed by atoms with Crippen molar-refractivity contribution < 1.29 is 28.7 Å². The van der Waals surface area contributed by atoms with Gasteiger partial charge in [-0.15, -0.1) is 0 Å². The fourth-order valence-corrected chi connectivity index (χ4v) is 3.03. The van der Waals surface area contributed by atoms with Crippen LogP contribution in [0.5, 0.6) is 5.75 Å². The summed E-state index contributed by atoms with van der Waals surface area (Å²) in [5.74, 6) is -0.496. The highest BCUT2D eigenvalue weighted by atomic mass is 16.6. The van der Waals surface area contributed by atoms with Crippen LogP contribution in [0.2, 0.25) is 0 Å². The summed E-state index contributed by atoms with van der Waals surface area (Å²) < 4.78 is 9.76. The van der Waals surface area contributed by atoms with Gasteiger partial charge in [0.1, 0.15) is 5.75 Å². The van der Waals surface area contributed by atoms with Crippen LogP contribution in [0.4, 0.5) is 4.79 Å². The number of imide groups is 1. The fourth-order valence-electron chi connectivity index (χ4n) is 3.03. The van der Waals surface area contributed by atoms with Crippen LogP contribution in [0.25, 0.3) is 0 Å². The van der Waals surface area contributed by atoms with Crippen LogP contribution in [0.15, 0.2) is 24.3 Å². The number of hydrogen-bond donors (Lipinski definition) is 1. The molecule has 2 fully saturated rings. The molecular weight excluding hydrogens is 342 g/mol. The third-order valence-corrected chi connectivity index (χ3v) is 4.40. The minimum absolute atomic E-state index is 0.166. The van der Waals surface area contributed by atoms with E-state index in [0.29, 0.717) is 24.3 Å². The van der Waals surface area contributed by atoms with Crippen LogP contribution in [-0.4, -0.2) is 73.0 Å². The van der Waals surface area contributed by atoms with Gasteiger partial charge in [0.25, 0.3) is 11.8 Å². The number of methoxy groups -OCH3 is 1. The molecule has 0 spiro atoms. The summed E-state index contributed by atoms with van der Waals surface area (Å²) in [6.07, 6.45) is -0.170. The van der Waals surface area contributed by atoms with Crippen molar-refractivity contribution in [1.29, 1.82) is 0 Å². The van der Waals surface area contributed by atoms with Gasteiger partial charge in [-0.2, -0.15) is 0 Å². The average molecular weight is 361 g/mol. The molecule has 3 rings (SSSR count). The molecule has 4 amide bonds. The first-order valence-electron chi connectivity index (χ1n) is 8.18. The Kier molecular flexibility index (Phi) is 5.06. The van der Waals surface area contributed by atoms with Gasteiger partial charge in [-0.3, -0.25) is 14.4 Å². The van der Waals surface area contributed by atoms with E-state index in [0.717, 1.165) is 4.90 Å². The zero-order valence-corrected chi connectivity index (χ0v) is 14.3. The molecule has 0 saturated carbocycles. The van der Waals surface area contributed by atoms with Gasteiger partial charge in [-0.1, -0.05) is 6.07 Å². The third kappa shape index (κ3) is 3.61. The summed E-state index contributed by atoms with van der Waals surface area (Å²) in [4.78, 5) is 50.3. The van der Waals surface area contributed by atoms with E-state index in [1.54, 1.807) is 24.3 Å². The quantitative estimate of drug-likeness (QED) is 0.792. The lowest BCUT2D eigenvalue weighted by molar-refractivity contribution is -0.130. The Morgan fingerprint density at radius 2 is 2.15 bits per heavy atom. The number of amides is 4. The molecule has 1 aromatic carbocycles. The van der Waals surface area contributed by atoms with Crippen molar-refractivity contribution in [3.8, 4) is 5.75 Å². The molecule has 138 valence electrons. The molecule has 26 heavy (non-hydrogen) atoms. The lowest BCUT2D eigenvalue weighted by atomic mass is 10.2. The molecule has 1 unspecified atom stereocenters. The van der Waals surface area contributed by atoms with Crippen molar-refractivity contribution >= 4 is 23.8 Å². The number of nitrogens with one attached hydrogen (secondary N) is 1. The predicted octanol–water partition coefficient (Wildman–Crippen LogP) is 0.00470. The van der Waals surface area contributed by atoms with Gasteiger partial charge in [-0.25, -0.2) is 9.69 Å². The Morgan fingerprint density at radius 1 is 1.35 bits per heavy atom. The molecule has 9 heteroatoms. The maximum Gasteiger partial charge on any atom is 0.417 e. The molecule has 2 heterocycles. The molecule has 0 radical (unpaired) electrons. The molecule has 2 saturated heterocycles.